The number of Topliss-reactive ketones (excluding diaryl/α,β-unsaturated/α-hetero) is 1. The standard InChI is InChI=1S/C17H24O2/c1-12-8-13(2)17(14(3)9-12)16(18)11-19-10-15-6-4-5-7-15/h8-9,15H,4-7,10-11H2,1-3H3. The molecule has 0 radical (unpaired) electrons. The van der Waals surface area contributed by atoms with E-state index in [1.807, 2.05) is 13.8 Å². The Balaban J connectivity index is 1.92. The summed E-state index contributed by atoms with van der Waals surface area (Å²) in [6.07, 6.45) is 5.16. The zero-order valence-corrected chi connectivity index (χ0v) is 12.3. The summed E-state index contributed by atoms with van der Waals surface area (Å²) in [4.78, 5) is 12.2. The molecule has 0 N–H and O–H groups in total. The van der Waals surface area contributed by atoms with Crippen molar-refractivity contribution in [3.05, 3.63) is 34.4 Å². The number of carbonyl (C=O) groups excluding carboxylic acids is 1. The summed E-state index contributed by atoms with van der Waals surface area (Å²) >= 11 is 0. The van der Waals surface area contributed by atoms with E-state index in [2.05, 4.69) is 19.1 Å². The second-order valence-corrected chi connectivity index (χ2v) is 5.86. The van der Waals surface area contributed by atoms with Crippen LogP contribution in [0.3, 0.4) is 0 Å². The Hall–Kier alpha value is -1.15. The first-order valence-electron chi connectivity index (χ1n) is 7.26. The van der Waals surface area contributed by atoms with Crippen LogP contribution in [0.25, 0.3) is 0 Å². The lowest BCUT2D eigenvalue weighted by atomic mass is 9.97. The summed E-state index contributed by atoms with van der Waals surface area (Å²) in [5.74, 6) is 0.793. The molecule has 0 aliphatic heterocycles. The molecule has 0 unspecified atom stereocenters. The second-order valence-electron chi connectivity index (χ2n) is 5.86. The highest BCUT2D eigenvalue weighted by atomic mass is 16.5. The zero-order valence-electron chi connectivity index (χ0n) is 12.3. The lowest BCUT2D eigenvalue weighted by Crippen LogP contribution is -2.15. The molecule has 1 aliphatic carbocycles. The number of benzene rings is 1. The third-order valence-electron chi connectivity index (χ3n) is 4.02. The Morgan fingerprint density at radius 2 is 1.74 bits per heavy atom. The lowest BCUT2D eigenvalue weighted by molar-refractivity contribution is 0.0680. The van der Waals surface area contributed by atoms with E-state index in [0.717, 1.165) is 23.3 Å². The van der Waals surface area contributed by atoms with Crippen molar-refractivity contribution in [3.8, 4) is 0 Å². The third-order valence-corrected chi connectivity index (χ3v) is 4.02. The van der Waals surface area contributed by atoms with Crippen LogP contribution in [0.1, 0.15) is 52.7 Å². The Kier molecular flexibility index (Phi) is 4.76. The smallest absolute Gasteiger partial charge is 0.188 e. The molecule has 2 nitrogen and oxygen atoms in total. The average molecular weight is 260 g/mol. The molecule has 0 atom stereocenters. The summed E-state index contributed by atoms with van der Waals surface area (Å²) in [5.41, 5.74) is 4.18. The third kappa shape index (κ3) is 3.66. The summed E-state index contributed by atoms with van der Waals surface area (Å²) < 4.78 is 5.62. The summed E-state index contributed by atoms with van der Waals surface area (Å²) in [7, 11) is 0. The van der Waals surface area contributed by atoms with Gasteiger partial charge in [-0.15, -0.1) is 0 Å². The Morgan fingerprint density at radius 3 is 2.32 bits per heavy atom. The van der Waals surface area contributed by atoms with Gasteiger partial charge in [-0.25, -0.2) is 0 Å². The zero-order chi connectivity index (χ0) is 13.8. The van der Waals surface area contributed by atoms with Crippen molar-refractivity contribution in [1.29, 1.82) is 0 Å². The van der Waals surface area contributed by atoms with Crippen LogP contribution >= 0.6 is 0 Å². The van der Waals surface area contributed by atoms with Crippen LogP contribution in [0.15, 0.2) is 12.1 Å². The quantitative estimate of drug-likeness (QED) is 0.748. The number of hydrogen-bond acceptors (Lipinski definition) is 2. The van der Waals surface area contributed by atoms with Crippen LogP contribution in [0.2, 0.25) is 0 Å². The van der Waals surface area contributed by atoms with E-state index in [1.165, 1.54) is 31.2 Å². The topological polar surface area (TPSA) is 26.3 Å². The number of rotatable bonds is 5. The molecule has 0 saturated heterocycles. The molecule has 19 heavy (non-hydrogen) atoms. The fourth-order valence-corrected chi connectivity index (χ4v) is 3.19. The normalized spacial score (nSPS) is 15.9. The monoisotopic (exact) mass is 260 g/mol. The minimum absolute atomic E-state index is 0.119. The minimum atomic E-state index is 0.119. The number of ketones is 1. The lowest BCUT2D eigenvalue weighted by Gasteiger charge is -2.12. The predicted octanol–water partition coefficient (Wildman–Crippen LogP) is 4.00. The van der Waals surface area contributed by atoms with Crippen LogP contribution < -0.4 is 0 Å². The van der Waals surface area contributed by atoms with Crippen molar-refractivity contribution in [3.63, 3.8) is 0 Å². The Bertz CT molecular complexity index is 433. The van der Waals surface area contributed by atoms with Crippen molar-refractivity contribution < 1.29 is 9.53 Å². The van der Waals surface area contributed by atoms with E-state index in [9.17, 15) is 4.79 Å². The van der Waals surface area contributed by atoms with Gasteiger partial charge >= 0.3 is 0 Å². The first-order valence-corrected chi connectivity index (χ1v) is 7.26. The molecule has 1 saturated carbocycles. The molecule has 0 amide bonds. The first kappa shape index (κ1) is 14.3. The van der Waals surface area contributed by atoms with Gasteiger partial charge in [-0.3, -0.25) is 4.79 Å². The van der Waals surface area contributed by atoms with Gasteiger partial charge < -0.3 is 4.74 Å². The molecule has 0 aromatic heterocycles. The number of ether oxygens (including phenoxy) is 1. The molecule has 0 heterocycles. The fraction of sp³-hybridized carbons (Fsp3) is 0.588. The summed E-state index contributed by atoms with van der Waals surface area (Å²) in [6, 6.07) is 4.13. The maximum atomic E-state index is 12.2. The van der Waals surface area contributed by atoms with E-state index >= 15 is 0 Å². The van der Waals surface area contributed by atoms with Gasteiger partial charge in [-0.1, -0.05) is 30.5 Å². The van der Waals surface area contributed by atoms with Gasteiger partial charge in [-0.05, 0) is 50.7 Å². The van der Waals surface area contributed by atoms with Gasteiger partial charge in [0.15, 0.2) is 5.78 Å². The number of aryl methyl sites for hydroxylation is 3. The Labute approximate surface area is 116 Å². The first-order chi connectivity index (χ1) is 9.08. The molecule has 1 fully saturated rings. The molecule has 2 heteroatoms. The van der Waals surface area contributed by atoms with Crippen LogP contribution in [0.4, 0.5) is 0 Å². The fourth-order valence-electron chi connectivity index (χ4n) is 3.19. The van der Waals surface area contributed by atoms with Crippen LogP contribution in [0, 0.1) is 26.7 Å². The number of carbonyl (C=O) groups is 1. The average Bonchev–Trinajstić information content (AvgIpc) is 2.80. The molecular weight excluding hydrogens is 236 g/mol. The molecule has 1 aliphatic rings. The molecule has 0 spiro atoms. The predicted molar refractivity (Wildman–Crippen MR) is 77.8 cm³/mol. The van der Waals surface area contributed by atoms with Crippen molar-refractivity contribution in [1.82, 2.24) is 0 Å². The van der Waals surface area contributed by atoms with Crippen molar-refractivity contribution in [2.24, 2.45) is 5.92 Å². The molecule has 0 bridgehead atoms. The maximum absolute atomic E-state index is 12.2. The van der Waals surface area contributed by atoms with Crippen LogP contribution in [-0.2, 0) is 4.74 Å². The molecule has 1 aromatic rings. The SMILES string of the molecule is Cc1cc(C)c(C(=O)COCC2CCCC2)c(C)c1. The van der Waals surface area contributed by atoms with E-state index in [0.29, 0.717) is 5.92 Å². The summed E-state index contributed by atoms with van der Waals surface area (Å²) in [5, 5.41) is 0. The highest BCUT2D eigenvalue weighted by Crippen LogP contribution is 2.25. The van der Waals surface area contributed by atoms with Crippen molar-refractivity contribution in [2.45, 2.75) is 46.5 Å². The van der Waals surface area contributed by atoms with Gasteiger partial charge in [0.1, 0.15) is 6.61 Å². The highest BCUT2D eigenvalue weighted by Gasteiger charge is 2.17. The Morgan fingerprint density at radius 1 is 1.16 bits per heavy atom. The molecule has 2 rings (SSSR count). The molecule has 104 valence electrons. The maximum Gasteiger partial charge on any atom is 0.188 e. The van der Waals surface area contributed by atoms with Gasteiger partial charge in [0, 0.05) is 5.56 Å². The largest absolute Gasteiger partial charge is 0.373 e. The molecule has 1 aromatic carbocycles. The van der Waals surface area contributed by atoms with E-state index in [1.54, 1.807) is 0 Å². The van der Waals surface area contributed by atoms with Gasteiger partial charge in [0.25, 0.3) is 0 Å². The van der Waals surface area contributed by atoms with Crippen LogP contribution in [0.5, 0.6) is 0 Å². The van der Waals surface area contributed by atoms with Crippen LogP contribution in [-0.4, -0.2) is 19.0 Å². The van der Waals surface area contributed by atoms with Crippen molar-refractivity contribution >= 4 is 5.78 Å². The van der Waals surface area contributed by atoms with Gasteiger partial charge in [-0.2, -0.15) is 0 Å². The van der Waals surface area contributed by atoms with E-state index in [-0.39, 0.29) is 12.4 Å². The minimum Gasteiger partial charge on any atom is -0.373 e. The summed E-state index contributed by atoms with van der Waals surface area (Å²) in [6.45, 7) is 7.04. The van der Waals surface area contributed by atoms with Gasteiger partial charge in [0.05, 0.1) is 6.61 Å². The molecular formula is C17H24O2. The van der Waals surface area contributed by atoms with E-state index < -0.39 is 0 Å². The van der Waals surface area contributed by atoms with E-state index in [4.69, 9.17) is 4.74 Å². The number of hydrogen-bond donors (Lipinski definition) is 0. The van der Waals surface area contributed by atoms with Gasteiger partial charge in [0.2, 0.25) is 0 Å². The highest BCUT2D eigenvalue weighted by molar-refractivity contribution is 5.99. The second kappa shape index (κ2) is 6.33. The van der Waals surface area contributed by atoms with Crippen molar-refractivity contribution in [2.75, 3.05) is 13.2 Å².